The van der Waals surface area contributed by atoms with Crippen molar-refractivity contribution in [3.05, 3.63) is 48.3 Å². The molecule has 1 fully saturated rings. The largest absolute Gasteiger partial charge is 0.346 e. The lowest BCUT2D eigenvalue weighted by molar-refractivity contribution is 0.0839. The Hall–Kier alpha value is -2.67. The molecule has 0 amide bonds. The minimum Gasteiger partial charge on any atom is -0.346 e. The fourth-order valence-electron chi connectivity index (χ4n) is 3.44. The average molecular weight is 383 g/mol. The van der Waals surface area contributed by atoms with Crippen LogP contribution in [0.1, 0.15) is 0 Å². The van der Waals surface area contributed by atoms with Gasteiger partial charge in [-0.15, -0.1) is 0 Å². The van der Waals surface area contributed by atoms with Crippen molar-refractivity contribution in [3.8, 4) is 11.1 Å². The summed E-state index contributed by atoms with van der Waals surface area (Å²) in [6.07, 6.45) is 7.40. The number of aromatic nitrogens is 4. The molecule has 27 heavy (non-hydrogen) atoms. The Morgan fingerprint density at radius 1 is 1.44 bits per heavy atom. The molecule has 8 nitrogen and oxygen atoms in total. The van der Waals surface area contributed by atoms with Crippen LogP contribution in [-0.4, -0.2) is 72.2 Å². The third-order valence-corrected chi connectivity index (χ3v) is 7.33. The van der Waals surface area contributed by atoms with Gasteiger partial charge in [0.2, 0.25) is 6.54 Å². The van der Waals surface area contributed by atoms with Gasteiger partial charge in [-0.3, -0.25) is 4.68 Å². The molecule has 140 valence electrons. The Morgan fingerprint density at radius 3 is 2.93 bits per heavy atom. The Balaban J connectivity index is 1.67. The first-order valence-corrected chi connectivity index (χ1v) is 10.1. The van der Waals surface area contributed by atoms with Crippen molar-refractivity contribution >= 4 is 26.8 Å². The van der Waals surface area contributed by atoms with E-state index in [0.29, 0.717) is 13.1 Å². The summed E-state index contributed by atoms with van der Waals surface area (Å²) in [5.41, 5.74) is 2.35. The van der Waals surface area contributed by atoms with E-state index in [0.717, 1.165) is 22.2 Å². The number of H-pyrrole nitrogens is 1. The molecule has 3 aromatic rings. The summed E-state index contributed by atoms with van der Waals surface area (Å²) in [6.45, 7) is 8.60. The molecule has 1 unspecified atom stereocenters. The molecule has 0 saturated carbocycles. The molecule has 0 bridgehead atoms. The summed E-state index contributed by atoms with van der Waals surface area (Å²) in [6, 6.07) is 3.95. The van der Waals surface area contributed by atoms with Gasteiger partial charge in [0.05, 0.1) is 16.1 Å². The number of hydrogen-bond donors (Lipinski definition) is 1. The van der Waals surface area contributed by atoms with E-state index in [4.69, 9.17) is 6.57 Å². The van der Waals surface area contributed by atoms with Crippen molar-refractivity contribution in [1.82, 2.24) is 28.4 Å². The predicted octanol–water partition coefficient (Wildman–Crippen LogP) is 1.46. The molecule has 0 aliphatic carbocycles. The number of fused-ring (bicyclic) bond motifs is 1. The maximum Gasteiger partial charge on any atom is 0.242 e. The highest BCUT2D eigenvalue weighted by atomic mass is 32.2. The molecule has 1 saturated heterocycles. The Kier molecular flexibility index (Phi) is 4.07. The van der Waals surface area contributed by atoms with Gasteiger partial charge in [0.1, 0.15) is 5.65 Å². The van der Waals surface area contributed by atoms with Crippen molar-refractivity contribution < 1.29 is 4.21 Å². The zero-order chi connectivity index (χ0) is 19.2. The van der Waals surface area contributed by atoms with Crippen LogP contribution < -0.4 is 0 Å². The minimum atomic E-state index is -2.49. The molecule has 9 heteroatoms. The van der Waals surface area contributed by atoms with Crippen molar-refractivity contribution in [2.45, 2.75) is 5.54 Å². The van der Waals surface area contributed by atoms with Gasteiger partial charge >= 0.3 is 0 Å². The second kappa shape index (κ2) is 6.20. The van der Waals surface area contributed by atoms with Crippen molar-refractivity contribution in [2.75, 3.05) is 33.7 Å². The SMILES string of the molecule is [C-]#[N+]CC1(n2cc(-c3ccnc4[nH]ccc34)cn2)CN(S(=C)(=O)N(C)C)C1. The highest BCUT2D eigenvalue weighted by Crippen LogP contribution is 2.34. The van der Waals surface area contributed by atoms with Gasteiger partial charge in [-0.2, -0.15) is 5.10 Å². The first kappa shape index (κ1) is 17.7. The van der Waals surface area contributed by atoms with Gasteiger partial charge in [0.25, 0.3) is 0 Å². The molecule has 0 radical (unpaired) electrons. The highest BCUT2D eigenvalue weighted by Gasteiger charge is 2.51. The molecule has 1 aliphatic heterocycles. The van der Waals surface area contributed by atoms with E-state index in [9.17, 15) is 4.21 Å². The first-order chi connectivity index (χ1) is 12.9. The second-order valence-corrected chi connectivity index (χ2v) is 9.49. The lowest BCUT2D eigenvalue weighted by Crippen LogP contribution is -2.67. The number of nitrogens with one attached hydrogen (secondary N) is 1. The summed E-state index contributed by atoms with van der Waals surface area (Å²) < 4.78 is 18.1. The molecule has 0 aromatic carbocycles. The van der Waals surface area contributed by atoms with E-state index >= 15 is 0 Å². The molecule has 4 heterocycles. The summed E-state index contributed by atoms with van der Waals surface area (Å²) in [5.74, 6) is 3.85. The zero-order valence-corrected chi connectivity index (χ0v) is 16.1. The van der Waals surface area contributed by atoms with Crippen LogP contribution in [-0.2, 0) is 15.4 Å². The molecular formula is C18H21N7OS. The van der Waals surface area contributed by atoms with E-state index in [-0.39, 0.29) is 6.54 Å². The van der Waals surface area contributed by atoms with Gasteiger partial charge in [0, 0.05) is 56.7 Å². The van der Waals surface area contributed by atoms with Crippen LogP contribution in [0.3, 0.4) is 0 Å². The van der Waals surface area contributed by atoms with Gasteiger partial charge in [-0.05, 0) is 23.6 Å². The van der Waals surface area contributed by atoms with Gasteiger partial charge in [-0.25, -0.2) is 24.4 Å². The monoisotopic (exact) mass is 383 g/mol. The second-order valence-electron chi connectivity index (χ2n) is 7.03. The lowest BCUT2D eigenvalue weighted by Gasteiger charge is -2.48. The van der Waals surface area contributed by atoms with Crippen LogP contribution in [0.5, 0.6) is 0 Å². The predicted molar refractivity (Wildman–Crippen MR) is 107 cm³/mol. The minimum absolute atomic E-state index is 0.281. The maximum atomic E-state index is 12.8. The number of rotatable bonds is 5. The van der Waals surface area contributed by atoms with Crippen molar-refractivity contribution in [1.29, 1.82) is 0 Å². The highest BCUT2D eigenvalue weighted by molar-refractivity contribution is 7.96. The van der Waals surface area contributed by atoms with Crippen LogP contribution in [0.15, 0.2) is 36.9 Å². The van der Waals surface area contributed by atoms with Gasteiger partial charge in [-0.1, -0.05) is 0 Å². The lowest BCUT2D eigenvalue weighted by atomic mass is 9.92. The summed E-state index contributed by atoms with van der Waals surface area (Å²) in [5, 5.41) is 5.57. The van der Waals surface area contributed by atoms with E-state index in [1.165, 1.54) is 0 Å². The summed E-state index contributed by atoms with van der Waals surface area (Å²) >= 11 is 0. The van der Waals surface area contributed by atoms with Crippen LogP contribution in [0.4, 0.5) is 0 Å². The van der Waals surface area contributed by atoms with E-state index < -0.39 is 15.4 Å². The Morgan fingerprint density at radius 2 is 2.22 bits per heavy atom. The van der Waals surface area contributed by atoms with E-state index in [1.54, 1.807) is 24.6 Å². The van der Waals surface area contributed by atoms with Crippen molar-refractivity contribution in [3.63, 3.8) is 0 Å². The van der Waals surface area contributed by atoms with Crippen LogP contribution in [0.25, 0.3) is 27.0 Å². The number of nitrogens with zero attached hydrogens (tertiary/aromatic N) is 6. The van der Waals surface area contributed by atoms with Crippen LogP contribution >= 0.6 is 0 Å². The summed E-state index contributed by atoms with van der Waals surface area (Å²) in [7, 11) is 1.01. The fourth-order valence-corrected chi connectivity index (χ4v) is 4.79. The zero-order valence-electron chi connectivity index (χ0n) is 15.3. The number of hydrogen-bond acceptors (Lipinski definition) is 3. The van der Waals surface area contributed by atoms with E-state index in [2.05, 4.69) is 25.8 Å². The van der Waals surface area contributed by atoms with Gasteiger partial charge in [0.15, 0.2) is 5.54 Å². The fraction of sp³-hybridized carbons (Fsp3) is 0.333. The van der Waals surface area contributed by atoms with Crippen molar-refractivity contribution in [2.24, 2.45) is 0 Å². The topological polar surface area (TPSA) is 74.4 Å². The smallest absolute Gasteiger partial charge is 0.242 e. The average Bonchev–Trinajstić information content (AvgIpc) is 3.26. The molecule has 0 spiro atoms. The molecule has 1 N–H and O–H groups in total. The molecular weight excluding hydrogens is 362 g/mol. The molecule has 4 rings (SSSR count). The molecule has 3 aromatic heterocycles. The molecule has 1 aliphatic rings. The maximum absolute atomic E-state index is 12.8. The number of pyridine rings is 1. The first-order valence-electron chi connectivity index (χ1n) is 8.48. The normalized spacial score (nSPS) is 18.9. The van der Waals surface area contributed by atoms with Gasteiger partial charge < -0.3 is 9.83 Å². The quantitative estimate of drug-likeness (QED) is 0.536. The Labute approximate surface area is 158 Å². The third kappa shape index (κ3) is 2.73. The van der Waals surface area contributed by atoms with Crippen LogP contribution in [0, 0.1) is 6.57 Å². The Bertz CT molecular complexity index is 1130. The number of aromatic amines is 1. The molecule has 1 atom stereocenters. The summed E-state index contributed by atoms with van der Waals surface area (Å²) in [4.78, 5) is 11.0. The van der Waals surface area contributed by atoms with Crippen LogP contribution in [0.2, 0.25) is 0 Å². The van der Waals surface area contributed by atoms with E-state index in [1.807, 2.05) is 39.7 Å². The third-order valence-electron chi connectivity index (χ3n) is 5.13. The standard InChI is InChI=1S/C18H21N7OS/c1-19-11-18(12-24(13-18)27(4,26)23(2)3)25-10-14(9-22-25)15-5-7-20-17-16(15)6-8-21-17/h5-10H,4,11-13H2,2-3H3,(H,20,21).